The van der Waals surface area contributed by atoms with Crippen LogP contribution in [0, 0.1) is 0 Å². The molecular formula is C13H19N3O. The van der Waals surface area contributed by atoms with E-state index in [1.54, 1.807) is 13.1 Å². The van der Waals surface area contributed by atoms with Crippen LogP contribution >= 0.6 is 0 Å². The minimum atomic E-state index is -0.102. The summed E-state index contributed by atoms with van der Waals surface area (Å²) in [6.45, 7) is 0. The molecule has 3 N–H and O–H groups in total. The largest absolute Gasteiger partial charge is 0.397 e. The number of hydrogen-bond acceptors (Lipinski definition) is 3. The van der Waals surface area contributed by atoms with Crippen molar-refractivity contribution in [3.63, 3.8) is 0 Å². The Morgan fingerprint density at radius 3 is 2.65 bits per heavy atom. The quantitative estimate of drug-likeness (QED) is 0.780. The maximum atomic E-state index is 11.5. The molecule has 0 radical (unpaired) electrons. The average molecular weight is 233 g/mol. The van der Waals surface area contributed by atoms with Gasteiger partial charge in [-0.05, 0) is 37.5 Å². The Morgan fingerprint density at radius 2 is 2.18 bits per heavy atom. The number of hydrogen-bond donors (Lipinski definition) is 2. The van der Waals surface area contributed by atoms with Gasteiger partial charge in [0.05, 0.1) is 11.4 Å². The molecule has 0 saturated heterocycles. The van der Waals surface area contributed by atoms with Gasteiger partial charge in [0.2, 0.25) is 0 Å². The first kappa shape index (κ1) is 11.8. The van der Waals surface area contributed by atoms with Gasteiger partial charge >= 0.3 is 0 Å². The van der Waals surface area contributed by atoms with Crippen LogP contribution in [0.15, 0.2) is 18.2 Å². The van der Waals surface area contributed by atoms with Gasteiger partial charge in [0.15, 0.2) is 0 Å². The fourth-order valence-electron chi connectivity index (χ4n) is 2.13. The van der Waals surface area contributed by atoms with Crippen LogP contribution in [-0.2, 0) is 0 Å². The van der Waals surface area contributed by atoms with Gasteiger partial charge < -0.3 is 16.0 Å². The van der Waals surface area contributed by atoms with E-state index in [1.807, 2.05) is 12.1 Å². The Morgan fingerprint density at radius 1 is 1.47 bits per heavy atom. The van der Waals surface area contributed by atoms with Gasteiger partial charge in [0.25, 0.3) is 5.91 Å². The topological polar surface area (TPSA) is 58.4 Å². The molecule has 4 nitrogen and oxygen atoms in total. The van der Waals surface area contributed by atoms with Crippen molar-refractivity contribution in [2.45, 2.75) is 25.3 Å². The van der Waals surface area contributed by atoms with Crippen LogP contribution in [0.5, 0.6) is 0 Å². The van der Waals surface area contributed by atoms with E-state index < -0.39 is 0 Å². The summed E-state index contributed by atoms with van der Waals surface area (Å²) in [6.07, 6.45) is 3.76. The summed E-state index contributed by atoms with van der Waals surface area (Å²) < 4.78 is 0. The average Bonchev–Trinajstić information content (AvgIpc) is 2.25. The number of carbonyl (C=O) groups is 1. The molecule has 2 rings (SSSR count). The van der Waals surface area contributed by atoms with Gasteiger partial charge in [0.1, 0.15) is 0 Å². The van der Waals surface area contributed by atoms with E-state index in [-0.39, 0.29) is 5.91 Å². The maximum absolute atomic E-state index is 11.5. The van der Waals surface area contributed by atoms with Gasteiger partial charge in [-0.3, -0.25) is 4.79 Å². The van der Waals surface area contributed by atoms with Crippen LogP contribution in [0.4, 0.5) is 11.4 Å². The van der Waals surface area contributed by atoms with Crippen LogP contribution < -0.4 is 16.0 Å². The van der Waals surface area contributed by atoms with Crippen molar-refractivity contribution in [3.05, 3.63) is 23.8 Å². The molecule has 0 spiro atoms. The molecule has 0 atom stereocenters. The maximum Gasteiger partial charge on any atom is 0.251 e. The predicted molar refractivity (Wildman–Crippen MR) is 70.3 cm³/mol. The van der Waals surface area contributed by atoms with E-state index in [4.69, 9.17) is 5.73 Å². The fraction of sp³-hybridized carbons (Fsp3) is 0.462. The zero-order valence-corrected chi connectivity index (χ0v) is 10.4. The van der Waals surface area contributed by atoms with Gasteiger partial charge in [-0.15, -0.1) is 0 Å². The molecule has 1 fully saturated rings. The molecule has 4 heteroatoms. The van der Waals surface area contributed by atoms with E-state index in [0.717, 1.165) is 5.69 Å². The monoisotopic (exact) mass is 233 g/mol. The highest BCUT2D eigenvalue weighted by Crippen LogP contribution is 2.31. The lowest BCUT2D eigenvalue weighted by Crippen LogP contribution is -2.37. The van der Waals surface area contributed by atoms with E-state index in [2.05, 4.69) is 17.3 Å². The molecule has 0 heterocycles. The molecule has 1 aliphatic rings. The molecule has 1 aliphatic carbocycles. The molecule has 17 heavy (non-hydrogen) atoms. The van der Waals surface area contributed by atoms with Gasteiger partial charge in [0, 0.05) is 25.7 Å². The van der Waals surface area contributed by atoms with Crippen LogP contribution in [-0.4, -0.2) is 26.0 Å². The van der Waals surface area contributed by atoms with Crippen molar-refractivity contribution in [3.8, 4) is 0 Å². The van der Waals surface area contributed by atoms with Gasteiger partial charge in [-0.1, -0.05) is 0 Å². The van der Waals surface area contributed by atoms with Crippen LogP contribution in [0.2, 0.25) is 0 Å². The smallest absolute Gasteiger partial charge is 0.251 e. The Labute approximate surface area is 102 Å². The first-order chi connectivity index (χ1) is 8.13. The second kappa shape index (κ2) is 4.65. The summed E-state index contributed by atoms with van der Waals surface area (Å²) in [7, 11) is 3.68. The minimum Gasteiger partial charge on any atom is -0.397 e. The van der Waals surface area contributed by atoms with E-state index in [0.29, 0.717) is 17.3 Å². The SMILES string of the molecule is CNC(=O)c1ccc(N(C)C2CCC2)c(N)c1. The summed E-state index contributed by atoms with van der Waals surface area (Å²) >= 11 is 0. The van der Waals surface area contributed by atoms with Crippen molar-refractivity contribution < 1.29 is 4.79 Å². The first-order valence-corrected chi connectivity index (χ1v) is 5.98. The van der Waals surface area contributed by atoms with Crippen LogP contribution in [0.3, 0.4) is 0 Å². The zero-order chi connectivity index (χ0) is 12.4. The van der Waals surface area contributed by atoms with Crippen molar-refractivity contribution in [1.29, 1.82) is 0 Å². The van der Waals surface area contributed by atoms with Crippen LogP contribution in [0.25, 0.3) is 0 Å². The zero-order valence-electron chi connectivity index (χ0n) is 10.4. The third-order valence-corrected chi connectivity index (χ3v) is 3.52. The van der Waals surface area contributed by atoms with E-state index in [9.17, 15) is 4.79 Å². The number of nitrogens with zero attached hydrogens (tertiary/aromatic N) is 1. The highest BCUT2D eigenvalue weighted by atomic mass is 16.1. The molecule has 0 aliphatic heterocycles. The molecule has 92 valence electrons. The Bertz CT molecular complexity index is 427. The summed E-state index contributed by atoms with van der Waals surface area (Å²) in [5.41, 5.74) is 8.30. The number of benzene rings is 1. The summed E-state index contributed by atoms with van der Waals surface area (Å²) in [6, 6.07) is 6.09. The van der Waals surface area contributed by atoms with Crippen molar-refractivity contribution >= 4 is 17.3 Å². The Balaban J connectivity index is 2.21. The minimum absolute atomic E-state index is 0.102. The summed E-state index contributed by atoms with van der Waals surface area (Å²) in [5, 5.41) is 2.59. The van der Waals surface area contributed by atoms with E-state index in [1.165, 1.54) is 19.3 Å². The molecule has 1 saturated carbocycles. The van der Waals surface area contributed by atoms with Crippen molar-refractivity contribution in [2.75, 3.05) is 24.7 Å². The number of anilines is 2. The standard InChI is InChI=1S/C13H19N3O/c1-15-13(17)9-6-7-12(11(14)8-9)16(2)10-4-3-5-10/h6-8,10H,3-5,14H2,1-2H3,(H,15,17). The summed E-state index contributed by atoms with van der Waals surface area (Å²) in [5.74, 6) is -0.102. The number of rotatable bonds is 3. The lowest BCUT2D eigenvalue weighted by Gasteiger charge is -2.37. The molecule has 0 aromatic heterocycles. The van der Waals surface area contributed by atoms with Gasteiger partial charge in [-0.2, -0.15) is 0 Å². The molecule has 0 bridgehead atoms. The number of nitrogens with one attached hydrogen (secondary N) is 1. The first-order valence-electron chi connectivity index (χ1n) is 5.98. The predicted octanol–water partition coefficient (Wildman–Crippen LogP) is 1.62. The highest BCUT2D eigenvalue weighted by Gasteiger charge is 2.23. The van der Waals surface area contributed by atoms with Crippen LogP contribution in [0.1, 0.15) is 29.6 Å². The fourth-order valence-corrected chi connectivity index (χ4v) is 2.13. The molecule has 0 unspecified atom stereocenters. The molecule has 1 amide bonds. The van der Waals surface area contributed by atoms with Gasteiger partial charge in [-0.25, -0.2) is 0 Å². The number of nitrogen functional groups attached to an aromatic ring is 1. The highest BCUT2D eigenvalue weighted by molar-refractivity contribution is 5.96. The second-order valence-corrected chi connectivity index (χ2v) is 4.55. The number of amides is 1. The lowest BCUT2D eigenvalue weighted by atomic mass is 9.91. The molecule has 1 aromatic carbocycles. The van der Waals surface area contributed by atoms with E-state index >= 15 is 0 Å². The number of nitrogens with two attached hydrogens (primary N) is 1. The molecular weight excluding hydrogens is 214 g/mol. The lowest BCUT2D eigenvalue weighted by molar-refractivity contribution is 0.0963. The third-order valence-electron chi connectivity index (χ3n) is 3.52. The normalized spacial score (nSPS) is 15.2. The third kappa shape index (κ3) is 2.20. The second-order valence-electron chi connectivity index (χ2n) is 4.55. The van der Waals surface area contributed by atoms with Crippen molar-refractivity contribution in [2.24, 2.45) is 0 Å². The number of carbonyl (C=O) groups excluding carboxylic acids is 1. The molecule has 1 aromatic rings. The van der Waals surface area contributed by atoms with Crippen molar-refractivity contribution in [1.82, 2.24) is 5.32 Å². The Hall–Kier alpha value is -1.71. The summed E-state index contributed by atoms with van der Waals surface area (Å²) in [4.78, 5) is 13.7. The Kier molecular flexibility index (Phi) is 3.22.